The highest BCUT2D eigenvalue weighted by Crippen LogP contribution is 2.31. The lowest BCUT2D eigenvalue weighted by Crippen LogP contribution is -2.25. The van der Waals surface area contributed by atoms with Crippen LogP contribution in [0.15, 0.2) is 12.1 Å². The van der Waals surface area contributed by atoms with Crippen molar-refractivity contribution in [3.05, 3.63) is 22.2 Å². The molecule has 0 saturated carbocycles. The topological polar surface area (TPSA) is 72.2 Å². The highest BCUT2D eigenvalue weighted by molar-refractivity contribution is 7.92. The SMILES string of the molecule is Nc1cc(Cl)c(Cl)cc1NCC1CCCS1(=O)=O. The Labute approximate surface area is 116 Å². The Bertz CT molecular complexity index is 560. The summed E-state index contributed by atoms with van der Waals surface area (Å²) in [6.07, 6.45) is 1.42. The molecule has 7 heteroatoms. The largest absolute Gasteiger partial charge is 0.397 e. The lowest BCUT2D eigenvalue weighted by atomic mass is 10.2. The molecule has 1 aromatic rings. The molecule has 1 unspecified atom stereocenters. The highest BCUT2D eigenvalue weighted by Gasteiger charge is 2.30. The van der Waals surface area contributed by atoms with Crippen LogP contribution in [-0.4, -0.2) is 26.0 Å². The Hall–Kier alpha value is -0.650. The van der Waals surface area contributed by atoms with Crippen molar-refractivity contribution in [1.82, 2.24) is 0 Å². The second-order valence-corrected chi connectivity index (χ2v) is 7.58. The van der Waals surface area contributed by atoms with E-state index in [2.05, 4.69) is 5.32 Å². The summed E-state index contributed by atoms with van der Waals surface area (Å²) >= 11 is 11.7. The van der Waals surface area contributed by atoms with Crippen LogP contribution in [0.5, 0.6) is 0 Å². The molecule has 100 valence electrons. The first kappa shape index (κ1) is 13.8. The van der Waals surface area contributed by atoms with Crippen molar-refractivity contribution in [2.45, 2.75) is 18.1 Å². The third-order valence-electron chi connectivity index (χ3n) is 3.08. The van der Waals surface area contributed by atoms with Gasteiger partial charge in [-0.1, -0.05) is 23.2 Å². The Morgan fingerprint density at radius 3 is 2.61 bits per heavy atom. The summed E-state index contributed by atoms with van der Waals surface area (Å²) in [7, 11) is -2.95. The molecule has 1 aromatic carbocycles. The van der Waals surface area contributed by atoms with Crippen molar-refractivity contribution in [1.29, 1.82) is 0 Å². The van der Waals surface area contributed by atoms with Gasteiger partial charge in [-0.05, 0) is 25.0 Å². The van der Waals surface area contributed by atoms with Gasteiger partial charge in [-0.3, -0.25) is 0 Å². The lowest BCUT2D eigenvalue weighted by Gasteiger charge is -2.14. The number of halogens is 2. The van der Waals surface area contributed by atoms with Gasteiger partial charge in [0, 0.05) is 6.54 Å². The third kappa shape index (κ3) is 2.84. The number of rotatable bonds is 3. The van der Waals surface area contributed by atoms with Crippen LogP contribution in [0.25, 0.3) is 0 Å². The summed E-state index contributed by atoms with van der Waals surface area (Å²) < 4.78 is 23.3. The minimum Gasteiger partial charge on any atom is -0.397 e. The average Bonchev–Trinajstić information content (AvgIpc) is 2.61. The fourth-order valence-corrected chi connectivity index (χ4v) is 4.13. The standard InChI is InChI=1S/C11H14Cl2N2O2S/c12-8-4-10(14)11(5-9(8)13)15-6-7-2-1-3-18(7,16)17/h4-5,7,15H,1-3,6,14H2. The van der Waals surface area contributed by atoms with Crippen molar-refractivity contribution >= 4 is 44.4 Å². The summed E-state index contributed by atoms with van der Waals surface area (Å²) in [4.78, 5) is 0. The lowest BCUT2D eigenvalue weighted by molar-refractivity contribution is 0.591. The monoisotopic (exact) mass is 308 g/mol. The summed E-state index contributed by atoms with van der Waals surface area (Å²) in [5, 5.41) is 3.46. The smallest absolute Gasteiger partial charge is 0.154 e. The Morgan fingerprint density at radius 1 is 1.33 bits per heavy atom. The summed E-state index contributed by atoms with van der Waals surface area (Å²) in [6, 6.07) is 3.16. The van der Waals surface area contributed by atoms with Crippen molar-refractivity contribution < 1.29 is 8.42 Å². The first-order chi connectivity index (χ1) is 8.40. The van der Waals surface area contributed by atoms with Gasteiger partial charge in [0.2, 0.25) is 0 Å². The fraction of sp³-hybridized carbons (Fsp3) is 0.455. The first-order valence-corrected chi connectivity index (χ1v) is 8.07. The minimum absolute atomic E-state index is 0.274. The molecule has 0 amide bonds. The van der Waals surface area contributed by atoms with E-state index in [-0.39, 0.29) is 11.0 Å². The van der Waals surface area contributed by atoms with Gasteiger partial charge in [0.25, 0.3) is 0 Å². The number of sulfone groups is 1. The molecule has 0 aromatic heterocycles. The Morgan fingerprint density at radius 2 is 2.00 bits per heavy atom. The van der Waals surface area contributed by atoms with Crippen LogP contribution in [0.1, 0.15) is 12.8 Å². The molecule has 0 bridgehead atoms. The molecule has 1 aliphatic heterocycles. The van der Waals surface area contributed by atoms with E-state index in [0.717, 1.165) is 6.42 Å². The van der Waals surface area contributed by atoms with Crippen LogP contribution in [0.4, 0.5) is 11.4 Å². The minimum atomic E-state index is -2.95. The zero-order valence-electron chi connectivity index (χ0n) is 9.62. The molecule has 4 nitrogen and oxygen atoms in total. The number of benzene rings is 1. The predicted molar refractivity (Wildman–Crippen MR) is 76.2 cm³/mol. The van der Waals surface area contributed by atoms with Gasteiger partial charge in [0.1, 0.15) is 0 Å². The second kappa shape index (κ2) is 5.15. The van der Waals surface area contributed by atoms with Crippen molar-refractivity contribution in [2.24, 2.45) is 0 Å². The van der Waals surface area contributed by atoms with E-state index >= 15 is 0 Å². The maximum absolute atomic E-state index is 11.7. The average molecular weight is 309 g/mol. The number of nitrogens with two attached hydrogens (primary N) is 1. The molecule has 2 rings (SSSR count). The zero-order chi connectivity index (χ0) is 13.3. The molecular formula is C11H14Cl2N2O2S. The van der Waals surface area contributed by atoms with Crippen LogP contribution in [-0.2, 0) is 9.84 Å². The molecule has 1 aliphatic rings. The molecule has 0 aliphatic carbocycles. The zero-order valence-corrected chi connectivity index (χ0v) is 11.9. The van der Waals surface area contributed by atoms with Crippen LogP contribution < -0.4 is 11.1 Å². The van der Waals surface area contributed by atoms with Gasteiger partial charge in [-0.25, -0.2) is 8.42 Å². The number of hydrogen-bond donors (Lipinski definition) is 2. The molecule has 0 radical (unpaired) electrons. The summed E-state index contributed by atoms with van der Waals surface area (Å²) in [6.45, 7) is 0.352. The summed E-state index contributed by atoms with van der Waals surface area (Å²) in [5.74, 6) is 0.274. The van der Waals surface area contributed by atoms with Crippen LogP contribution in [0.3, 0.4) is 0 Å². The number of nitrogen functional groups attached to an aromatic ring is 1. The van der Waals surface area contributed by atoms with Gasteiger partial charge in [0.15, 0.2) is 9.84 Å². The van der Waals surface area contributed by atoms with Gasteiger partial charge < -0.3 is 11.1 Å². The van der Waals surface area contributed by atoms with E-state index in [9.17, 15) is 8.42 Å². The summed E-state index contributed by atoms with van der Waals surface area (Å²) in [5.41, 5.74) is 6.86. The van der Waals surface area contributed by atoms with Gasteiger partial charge in [-0.15, -0.1) is 0 Å². The van der Waals surface area contributed by atoms with Gasteiger partial charge in [0.05, 0.1) is 32.4 Å². The highest BCUT2D eigenvalue weighted by atomic mass is 35.5. The normalized spacial score (nSPS) is 22.0. The maximum Gasteiger partial charge on any atom is 0.154 e. The fourth-order valence-electron chi connectivity index (χ4n) is 2.03. The molecule has 1 heterocycles. The molecular weight excluding hydrogens is 295 g/mol. The molecule has 3 N–H and O–H groups in total. The Kier molecular flexibility index (Phi) is 3.94. The van der Waals surface area contributed by atoms with Crippen molar-refractivity contribution in [3.63, 3.8) is 0 Å². The van der Waals surface area contributed by atoms with Crippen LogP contribution in [0.2, 0.25) is 10.0 Å². The molecule has 18 heavy (non-hydrogen) atoms. The van der Waals surface area contributed by atoms with E-state index in [1.165, 1.54) is 0 Å². The van der Waals surface area contributed by atoms with E-state index in [1.54, 1.807) is 12.1 Å². The van der Waals surface area contributed by atoms with E-state index in [1.807, 2.05) is 0 Å². The van der Waals surface area contributed by atoms with Crippen molar-refractivity contribution in [2.75, 3.05) is 23.3 Å². The Balaban J connectivity index is 2.09. The molecule has 1 fully saturated rings. The molecule has 1 saturated heterocycles. The van der Waals surface area contributed by atoms with Crippen molar-refractivity contribution in [3.8, 4) is 0 Å². The number of anilines is 2. The van der Waals surface area contributed by atoms with E-state index in [0.29, 0.717) is 34.4 Å². The van der Waals surface area contributed by atoms with E-state index < -0.39 is 9.84 Å². The van der Waals surface area contributed by atoms with Crippen LogP contribution in [0, 0.1) is 0 Å². The van der Waals surface area contributed by atoms with Crippen LogP contribution >= 0.6 is 23.2 Å². The first-order valence-electron chi connectivity index (χ1n) is 5.60. The maximum atomic E-state index is 11.7. The van der Waals surface area contributed by atoms with Gasteiger partial charge >= 0.3 is 0 Å². The predicted octanol–water partition coefficient (Wildman–Crippen LogP) is 2.56. The van der Waals surface area contributed by atoms with E-state index in [4.69, 9.17) is 28.9 Å². The number of nitrogens with one attached hydrogen (secondary N) is 1. The third-order valence-corrected chi connectivity index (χ3v) is 6.07. The molecule has 0 spiro atoms. The quantitative estimate of drug-likeness (QED) is 0.842. The second-order valence-electron chi connectivity index (χ2n) is 4.37. The molecule has 1 atom stereocenters. The van der Waals surface area contributed by atoms with Gasteiger partial charge in [-0.2, -0.15) is 0 Å². The number of hydrogen-bond acceptors (Lipinski definition) is 4.